The Balaban J connectivity index is 1.61. The number of carbonyl (C=O) groups excluding carboxylic acids is 2. The van der Waals surface area contributed by atoms with E-state index in [9.17, 15) is 9.59 Å². The maximum atomic E-state index is 13.3. The summed E-state index contributed by atoms with van der Waals surface area (Å²) >= 11 is 0. The smallest absolute Gasteiger partial charge is 0.253 e. The van der Waals surface area contributed by atoms with Crippen molar-refractivity contribution in [3.63, 3.8) is 0 Å². The summed E-state index contributed by atoms with van der Waals surface area (Å²) in [7, 11) is 3.19. The minimum absolute atomic E-state index is 0.0897. The van der Waals surface area contributed by atoms with Gasteiger partial charge in [-0.2, -0.15) is 0 Å². The first-order chi connectivity index (χ1) is 16.1. The van der Waals surface area contributed by atoms with Crippen LogP contribution in [0.4, 0.5) is 0 Å². The first-order valence-corrected chi connectivity index (χ1v) is 10.8. The van der Waals surface area contributed by atoms with Crippen molar-refractivity contribution >= 4 is 11.8 Å². The second-order valence-electron chi connectivity index (χ2n) is 7.94. The van der Waals surface area contributed by atoms with Gasteiger partial charge in [-0.25, -0.2) is 0 Å². The van der Waals surface area contributed by atoms with Crippen LogP contribution in [0.3, 0.4) is 0 Å². The molecule has 1 aliphatic heterocycles. The van der Waals surface area contributed by atoms with E-state index < -0.39 is 5.92 Å². The normalized spacial score (nSPS) is 17.5. The average molecular weight is 446 g/mol. The zero-order chi connectivity index (χ0) is 23.2. The molecule has 2 aromatic carbocycles. The topological polar surface area (TPSA) is 80.8 Å². The van der Waals surface area contributed by atoms with Gasteiger partial charge in [0.15, 0.2) is 0 Å². The summed E-state index contributed by atoms with van der Waals surface area (Å²) < 4.78 is 10.9. The Bertz CT molecular complexity index is 1110. The highest BCUT2D eigenvalue weighted by Gasteiger charge is 2.41. The highest BCUT2D eigenvalue weighted by molar-refractivity contribution is 5.95. The van der Waals surface area contributed by atoms with E-state index in [-0.39, 0.29) is 17.7 Å². The van der Waals surface area contributed by atoms with E-state index in [2.05, 4.69) is 10.3 Å². The lowest BCUT2D eigenvalue weighted by Crippen LogP contribution is -2.35. The van der Waals surface area contributed by atoms with E-state index in [1.54, 1.807) is 43.5 Å². The molecule has 2 unspecified atom stereocenters. The Kier molecular flexibility index (Phi) is 6.88. The Morgan fingerprint density at radius 1 is 1.00 bits per heavy atom. The van der Waals surface area contributed by atoms with Gasteiger partial charge in [-0.15, -0.1) is 0 Å². The molecule has 2 amide bonds. The number of nitrogens with one attached hydrogen (secondary N) is 1. The minimum atomic E-state index is -0.427. The minimum Gasteiger partial charge on any atom is -0.497 e. The standard InChI is InChI=1S/C26H27N3O4/c1-32-20-11-12-21(24(14-20)33-2)22-16-29(26(31)18-8-4-3-5-9-18)17-23(22)25(30)28-15-19-10-6-7-13-27-19/h3-14,22-23H,15-17H2,1-2H3,(H,28,30). The number of methoxy groups -OCH3 is 2. The Hall–Kier alpha value is -3.87. The van der Waals surface area contributed by atoms with Crippen molar-refractivity contribution < 1.29 is 19.1 Å². The number of ether oxygens (including phenoxy) is 2. The molecular weight excluding hydrogens is 418 g/mol. The number of benzene rings is 2. The number of amides is 2. The highest BCUT2D eigenvalue weighted by atomic mass is 16.5. The first kappa shape index (κ1) is 22.3. The van der Waals surface area contributed by atoms with Crippen molar-refractivity contribution in [3.05, 3.63) is 89.7 Å². The summed E-state index contributed by atoms with van der Waals surface area (Å²) in [4.78, 5) is 32.5. The van der Waals surface area contributed by atoms with Crippen LogP contribution in [0.5, 0.6) is 11.5 Å². The molecular formula is C26H27N3O4. The van der Waals surface area contributed by atoms with Crippen molar-refractivity contribution in [1.82, 2.24) is 15.2 Å². The van der Waals surface area contributed by atoms with Crippen LogP contribution in [0.15, 0.2) is 72.9 Å². The van der Waals surface area contributed by atoms with Crippen LogP contribution in [-0.4, -0.2) is 49.0 Å². The molecule has 1 aromatic heterocycles. The number of pyridine rings is 1. The predicted octanol–water partition coefficient (Wildman–Crippen LogP) is 3.27. The van der Waals surface area contributed by atoms with Crippen LogP contribution in [0, 0.1) is 5.92 Å². The van der Waals surface area contributed by atoms with Gasteiger partial charge in [-0.1, -0.05) is 30.3 Å². The lowest BCUT2D eigenvalue weighted by Gasteiger charge is -2.21. The fourth-order valence-corrected chi connectivity index (χ4v) is 4.25. The van der Waals surface area contributed by atoms with Crippen molar-refractivity contribution in [2.75, 3.05) is 27.3 Å². The summed E-state index contributed by atoms with van der Waals surface area (Å²) in [6.45, 7) is 1.06. The second kappa shape index (κ2) is 10.2. The average Bonchev–Trinajstić information content (AvgIpc) is 3.33. The lowest BCUT2D eigenvalue weighted by molar-refractivity contribution is -0.125. The molecule has 33 heavy (non-hydrogen) atoms. The van der Waals surface area contributed by atoms with E-state index in [4.69, 9.17) is 9.47 Å². The number of likely N-dealkylation sites (tertiary alicyclic amines) is 1. The maximum Gasteiger partial charge on any atom is 0.253 e. The van der Waals surface area contributed by atoms with E-state index in [1.807, 2.05) is 48.5 Å². The quantitative estimate of drug-likeness (QED) is 0.604. The van der Waals surface area contributed by atoms with Crippen LogP contribution in [0.2, 0.25) is 0 Å². The van der Waals surface area contributed by atoms with Gasteiger partial charge in [0.2, 0.25) is 5.91 Å². The highest BCUT2D eigenvalue weighted by Crippen LogP contribution is 2.39. The number of nitrogens with zero attached hydrogens (tertiary/aromatic N) is 2. The van der Waals surface area contributed by atoms with Gasteiger partial charge >= 0.3 is 0 Å². The van der Waals surface area contributed by atoms with Crippen molar-refractivity contribution in [2.45, 2.75) is 12.5 Å². The molecule has 170 valence electrons. The zero-order valence-corrected chi connectivity index (χ0v) is 18.7. The van der Waals surface area contributed by atoms with Gasteiger partial charge in [0.1, 0.15) is 11.5 Å². The molecule has 0 saturated carbocycles. The summed E-state index contributed by atoms with van der Waals surface area (Å²) in [5, 5.41) is 3.00. The zero-order valence-electron chi connectivity index (χ0n) is 18.7. The first-order valence-electron chi connectivity index (χ1n) is 10.8. The molecule has 2 heterocycles. The molecule has 3 aromatic rings. The van der Waals surface area contributed by atoms with Gasteiger partial charge < -0.3 is 19.7 Å². The van der Waals surface area contributed by atoms with E-state index in [0.717, 1.165) is 11.3 Å². The van der Waals surface area contributed by atoms with E-state index >= 15 is 0 Å². The summed E-state index contributed by atoms with van der Waals surface area (Å²) in [6, 6.07) is 20.3. The molecule has 2 atom stereocenters. The predicted molar refractivity (Wildman–Crippen MR) is 124 cm³/mol. The van der Waals surface area contributed by atoms with Crippen molar-refractivity contribution in [1.29, 1.82) is 0 Å². The summed E-state index contributed by atoms with van der Waals surface area (Å²) in [5.74, 6) is 0.448. The molecule has 1 fully saturated rings. The molecule has 1 saturated heterocycles. The second-order valence-corrected chi connectivity index (χ2v) is 7.94. The summed E-state index contributed by atoms with van der Waals surface area (Å²) in [6.07, 6.45) is 1.70. The fourth-order valence-electron chi connectivity index (χ4n) is 4.25. The van der Waals surface area contributed by atoms with Crippen molar-refractivity contribution in [3.8, 4) is 11.5 Å². The SMILES string of the molecule is COc1ccc(C2CN(C(=O)c3ccccc3)CC2C(=O)NCc2ccccn2)c(OC)c1. The lowest BCUT2D eigenvalue weighted by atomic mass is 9.87. The Labute approximate surface area is 193 Å². The van der Waals surface area contributed by atoms with Gasteiger partial charge in [0.05, 0.1) is 32.4 Å². The van der Waals surface area contributed by atoms with Gasteiger partial charge in [0.25, 0.3) is 5.91 Å². The number of carbonyl (C=O) groups is 2. The molecule has 7 nitrogen and oxygen atoms in total. The van der Waals surface area contributed by atoms with Crippen LogP contribution in [0.25, 0.3) is 0 Å². The largest absolute Gasteiger partial charge is 0.497 e. The van der Waals surface area contributed by atoms with E-state index in [0.29, 0.717) is 36.7 Å². The van der Waals surface area contributed by atoms with Crippen LogP contribution < -0.4 is 14.8 Å². The third-order valence-corrected chi connectivity index (χ3v) is 5.97. The number of rotatable bonds is 7. The Morgan fingerprint density at radius 2 is 1.79 bits per heavy atom. The molecule has 4 rings (SSSR count). The van der Waals surface area contributed by atoms with Gasteiger partial charge in [-0.05, 0) is 30.3 Å². The molecule has 0 aliphatic carbocycles. The van der Waals surface area contributed by atoms with Crippen LogP contribution >= 0.6 is 0 Å². The molecule has 7 heteroatoms. The van der Waals surface area contributed by atoms with Crippen LogP contribution in [-0.2, 0) is 11.3 Å². The van der Waals surface area contributed by atoms with Crippen molar-refractivity contribution in [2.24, 2.45) is 5.92 Å². The molecule has 0 bridgehead atoms. The number of hydrogen-bond donors (Lipinski definition) is 1. The third-order valence-electron chi connectivity index (χ3n) is 5.97. The summed E-state index contributed by atoms with van der Waals surface area (Å²) in [5.41, 5.74) is 2.26. The van der Waals surface area contributed by atoms with Crippen LogP contribution in [0.1, 0.15) is 27.5 Å². The molecule has 1 N–H and O–H groups in total. The fraction of sp³-hybridized carbons (Fsp3) is 0.269. The molecule has 0 spiro atoms. The van der Waals surface area contributed by atoms with E-state index in [1.165, 1.54) is 0 Å². The molecule has 1 aliphatic rings. The maximum absolute atomic E-state index is 13.3. The monoisotopic (exact) mass is 445 g/mol. The molecule has 0 radical (unpaired) electrons. The Morgan fingerprint density at radius 3 is 2.48 bits per heavy atom. The van der Waals surface area contributed by atoms with Gasteiger partial charge in [-0.3, -0.25) is 14.6 Å². The van der Waals surface area contributed by atoms with Gasteiger partial charge in [0, 0.05) is 42.4 Å². The number of hydrogen-bond acceptors (Lipinski definition) is 5. The number of aromatic nitrogens is 1. The third kappa shape index (κ3) is 4.98.